The largest absolute Gasteiger partial charge is 0.481 e. The summed E-state index contributed by atoms with van der Waals surface area (Å²) >= 11 is 0. The van der Waals surface area contributed by atoms with Crippen molar-refractivity contribution in [1.29, 1.82) is 0 Å². The standard InChI is InChI=1S/C13H21NO3S2/c15-12(10-11-4-2-1-3-5-11)14-7-9-19-18-8-6-13(16)17/h2,4,11H,1,3,5-10H2,(H,14,15)(H,16,17). The Morgan fingerprint density at radius 3 is 2.79 bits per heavy atom. The summed E-state index contributed by atoms with van der Waals surface area (Å²) in [5.41, 5.74) is 0. The monoisotopic (exact) mass is 303 g/mol. The number of hydrogen-bond acceptors (Lipinski definition) is 4. The number of rotatable bonds is 9. The molecular weight excluding hydrogens is 282 g/mol. The van der Waals surface area contributed by atoms with Crippen LogP contribution in [-0.4, -0.2) is 35.0 Å². The van der Waals surface area contributed by atoms with Crippen LogP contribution in [0.5, 0.6) is 0 Å². The van der Waals surface area contributed by atoms with Gasteiger partial charge in [-0.3, -0.25) is 9.59 Å². The summed E-state index contributed by atoms with van der Waals surface area (Å²) in [6.45, 7) is 0.653. The Labute approximate surface area is 122 Å². The minimum Gasteiger partial charge on any atom is -0.481 e. The Morgan fingerprint density at radius 2 is 2.11 bits per heavy atom. The predicted molar refractivity (Wildman–Crippen MR) is 81.3 cm³/mol. The van der Waals surface area contributed by atoms with Crippen LogP contribution in [0.2, 0.25) is 0 Å². The average Bonchev–Trinajstić information content (AvgIpc) is 2.38. The van der Waals surface area contributed by atoms with E-state index < -0.39 is 5.97 Å². The lowest BCUT2D eigenvalue weighted by Gasteiger charge is -2.15. The third-order valence-corrected chi connectivity index (χ3v) is 5.20. The molecule has 1 aliphatic carbocycles. The van der Waals surface area contributed by atoms with Crippen molar-refractivity contribution in [3.8, 4) is 0 Å². The average molecular weight is 303 g/mol. The molecule has 2 N–H and O–H groups in total. The fourth-order valence-electron chi connectivity index (χ4n) is 1.84. The summed E-state index contributed by atoms with van der Waals surface area (Å²) in [6, 6.07) is 0. The van der Waals surface area contributed by atoms with Crippen LogP contribution in [-0.2, 0) is 9.59 Å². The number of carboxylic acid groups (broad SMARTS) is 1. The van der Waals surface area contributed by atoms with Crippen LogP contribution in [0.1, 0.15) is 32.1 Å². The van der Waals surface area contributed by atoms with Gasteiger partial charge in [0.05, 0.1) is 6.42 Å². The quantitative estimate of drug-likeness (QED) is 0.389. The molecule has 0 aromatic carbocycles. The Morgan fingerprint density at radius 1 is 1.32 bits per heavy atom. The molecule has 1 atom stereocenters. The van der Waals surface area contributed by atoms with Crippen LogP contribution in [0.15, 0.2) is 12.2 Å². The van der Waals surface area contributed by atoms with Gasteiger partial charge in [-0.05, 0) is 25.2 Å². The highest BCUT2D eigenvalue weighted by Gasteiger charge is 2.12. The molecular formula is C13H21NO3S2. The van der Waals surface area contributed by atoms with Crippen LogP contribution >= 0.6 is 21.6 Å². The fraction of sp³-hybridized carbons (Fsp3) is 0.692. The summed E-state index contributed by atoms with van der Waals surface area (Å²) < 4.78 is 0. The van der Waals surface area contributed by atoms with E-state index in [1.807, 2.05) is 0 Å². The van der Waals surface area contributed by atoms with Gasteiger partial charge in [0.25, 0.3) is 0 Å². The maximum absolute atomic E-state index is 11.7. The van der Waals surface area contributed by atoms with Crippen molar-refractivity contribution in [2.75, 3.05) is 18.1 Å². The van der Waals surface area contributed by atoms with Crippen molar-refractivity contribution in [1.82, 2.24) is 5.32 Å². The second kappa shape index (κ2) is 10.2. The molecule has 0 aromatic heterocycles. The summed E-state index contributed by atoms with van der Waals surface area (Å²) in [7, 11) is 3.15. The molecule has 1 aliphatic rings. The van der Waals surface area contributed by atoms with Gasteiger partial charge in [-0.25, -0.2) is 0 Å². The Hall–Kier alpha value is -0.620. The maximum Gasteiger partial charge on any atom is 0.304 e. The van der Waals surface area contributed by atoms with Gasteiger partial charge in [-0.15, -0.1) is 0 Å². The zero-order valence-corrected chi connectivity index (χ0v) is 12.6. The van der Waals surface area contributed by atoms with Gasteiger partial charge in [-0.2, -0.15) is 0 Å². The molecule has 0 saturated heterocycles. The van der Waals surface area contributed by atoms with Gasteiger partial charge in [0.15, 0.2) is 0 Å². The van der Waals surface area contributed by atoms with Crippen LogP contribution < -0.4 is 5.32 Å². The molecule has 0 saturated carbocycles. The van der Waals surface area contributed by atoms with Crippen molar-refractivity contribution in [2.24, 2.45) is 5.92 Å². The molecule has 0 heterocycles. The number of carboxylic acids is 1. The van der Waals surface area contributed by atoms with Crippen molar-refractivity contribution >= 4 is 33.5 Å². The van der Waals surface area contributed by atoms with E-state index in [0.29, 0.717) is 24.6 Å². The van der Waals surface area contributed by atoms with Crippen LogP contribution in [0, 0.1) is 5.92 Å². The predicted octanol–water partition coefficient (Wildman–Crippen LogP) is 2.71. The lowest BCUT2D eigenvalue weighted by Crippen LogP contribution is -2.27. The molecule has 1 unspecified atom stereocenters. The maximum atomic E-state index is 11.7. The molecule has 4 nitrogen and oxygen atoms in total. The molecule has 1 amide bonds. The lowest BCUT2D eigenvalue weighted by molar-refractivity contribution is -0.136. The van der Waals surface area contributed by atoms with E-state index in [2.05, 4.69) is 17.5 Å². The second-order valence-electron chi connectivity index (χ2n) is 4.46. The first-order valence-corrected chi connectivity index (χ1v) is 9.07. The topological polar surface area (TPSA) is 66.4 Å². The number of aliphatic carboxylic acids is 1. The lowest BCUT2D eigenvalue weighted by atomic mass is 9.93. The van der Waals surface area contributed by atoms with Gasteiger partial charge in [0, 0.05) is 24.5 Å². The van der Waals surface area contributed by atoms with E-state index in [9.17, 15) is 9.59 Å². The van der Waals surface area contributed by atoms with Crippen molar-refractivity contribution < 1.29 is 14.7 Å². The first-order chi connectivity index (χ1) is 9.18. The van der Waals surface area contributed by atoms with Gasteiger partial charge in [0.1, 0.15) is 0 Å². The summed E-state index contributed by atoms with van der Waals surface area (Å²) in [4.78, 5) is 21.9. The minimum atomic E-state index is -0.762. The molecule has 19 heavy (non-hydrogen) atoms. The van der Waals surface area contributed by atoms with Crippen LogP contribution in [0.3, 0.4) is 0 Å². The summed E-state index contributed by atoms with van der Waals surface area (Å²) in [5.74, 6) is 1.19. The Kier molecular flexibility index (Phi) is 8.82. The SMILES string of the molecule is O=C(O)CCSSCCNC(=O)CC1C=CCCC1. The van der Waals surface area contributed by atoms with E-state index in [4.69, 9.17) is 5.11 Å². The number of allylic oxidation sites excluding steroid dienone is 2. The van der Waals surface area contributed by atoms with Crippen molar-refractivity contribution in [2.45, 2.75) is 32.1 Å². The second-order valence-corrected chi connectivity index (χ2v) is 7.16. The highest BCUT2D eigenvalue weighted by molar-refractivity contribution is 8.76. The van der Waals surface area contributed by atoms with Gasteiger partial charge in [-0.1, -0.05) is 33.7 Å². The number of carbonyl (C=O) groups excluding carboxylic acids is 1. The van der Waals surface area contributed by atoms with Gasteiger partial charge in [0.2, 0.25) is 5.91 Å². The molecule has 0 aromatic rings. The molecule has 0 radical (unpaired) electrons. The van der Waals surface area contributed by atoms with Crippen molar-refractivity contribution in [3.63, 3.8) is 0 Å². The molecule has 1 rings (SSSR count). The normalized spacial score (nSPS) is 18.2. The first-order valence-electron chi connectivity index (χ1n) is 6.58. The highest BCUT2D eigenvalue weighted by Crippen LogP contribution is 2.21. The molecule has 0 bridgehead atoms. The fourth-order valence-corrected chi connectivity index (χ4v) is 3.73. The zero-order valence-electron chi connectivity index (χ0n) is 11.0. The summed E-state index contributed by atoms with van der Waals surface area (Å²) in [6.07, 6.45) is 8.54. The highest BCUT2D eigenvalue weighted by atomic mass is 33.1. The molecule has 0 fully saturated rings. The van der Waals surface area contributed by atoms with Gasteiger partial charge >= 0.3 is 5.97 Å². The number of carbonyl (C=O) groups is 2. The zero-order chi connectivity index (χ0) is 13.9. The number of amides is 1. The van der Waals surface area contributed by atoms with Crippen LogP contribution in [0.4, 0.5) is 0 Å². The van der Waals surface area contributed by atoms with Crippen LogP contribution in [0.25, 0.3) is 0 Å². The number of nitrogens with one attached hydrogen (secondary N) is 1. The Bertz CT molecular complexity index is 321. The van der Waals surface area contributed by atoms with E-state index in [1.54, 1.807) is 21.6 Å². The van der Waals surface area contributed by atoms with Gasteiger partial charge < -0.3 is 10.4 Å². The van der Waals surface area contributed by atoms with E-state index in [0.717, 1.165) is 18.6 Å². The van der Waals surface area contributed by atoms with E-state index in [-0.39, 0.29) is 12.3 Å². The smallest absolute Gasteiger partial charge is 0.304 e. The summed E-state index contributed by atoms with van der Waals surface area (Å²) in [5, 5.41) is 11.4. The molecule has 0 spiro atoms. The molecule has 6 heteroatoms. The minimum absolute atomic E-state index is 0.118. The molecule has 0 aliphatic heterocycles. The van der Waals surface area contributed by atoms with E-state index in [1.165, 1.54) is 6.42 Å². The third kappa shape index (κ3) is 8.99. The third-order valence-electron chi connectivity index (χ3n) is 2.79. The Balaban J connectivity index is 1.94. The molecule has 108 valence electrons. The van der Waals surface area contributed by atoms with Crippen molar-refractivity contribution in [3.05, 3.63) is 12.2 Å². The first kappa shape index (κ1) is 16.4. The number of hydrogen-bond donors (Lipinski definition) is 2. The van der Waals surface area contributed by atoms with E-state index >= 15 is 0 Å².